The predicted octanol–water partition coefficient (Wildman–Crippen LogP) is 1.12. The Balaban J connectivity index is 2.17. The van der Waals surface area contributed by atoms with Gasteiger partial charge in [-0.3, -0.25) is 0 Å². The molecule has 60 valence electrons. The molecular formula is C6H14N2S2. The molecule has 0 unspecified atom stereocenters. The first-order valence-corrected chi connectivity index (χ1v) is 5.48. The van der Waals surface area contributed by atoms with E-state index in [1.54, 1.807) is 11.0 Å². The van der Waals surface area contributed by atoms with Gasteiger partial charge in [-0.05, 0) is 17.5 Å². The van der Waals surface area contributed by atoms with E-state index in [1.807, 2.05) is 0 Å². The van der Waals surface area contributed by atoms with Crippen LogP contribution in [0.4, 0.5) is 0 Å². The van der Waals surface area contributed by atoms with Crippen LogP contribution in [-0.2, 0) is 0 Å². The van der Waals surface area contributed by atoms with Gasteiger partial charge in [0, 0.05) is 26.2 Å². The highest BCUT2D eigenvalue weighted by Gasteiger charge is 2.13. The van der Waals surface area contributed by atoms with Gasteiger partial charge in [-0.25, -0.2) is 4.31 Å². The Bertz CT molecular complexity index is 79.7. The summed E-state index contributed by atoms with van der Waals surface area (Å²) in [6.45, 7) is 8.10. The minimum atomic E-state index is 1.15. The van der Waals surface area contributed by atoms with E-state index in [4.69, 9.17) is 0 Å². The van der Waals surface area contributed by atoms with Crippen LogP contribution in [0.15, 0.2) is 0 Å². The van der Waals surface area contributed by atoms with E-state index in [-0.39, 0.29) is 0 Å². The van der Waals surface area contributed by atoms with E-state index in [0.29, 0.717) is 0 Å². The molecule has 2 nitrogen and oxygen atoms in total. The zero-order valence-corrected chi connectivity index (χ0v) is 8.00. The van der Waals surface area contributed by atoms with E-state index in [9.17, 15) is 0 Å². The molecule has 0 saturated carbocycles. The first-order chi connectivity index (χ1) is 4.86. The van der Waals surface area contributed by atoms with E-state index in [1.165, 1.54) is 19.6 Å². The number of hydrogen-bond donors (Lipinski definition) is 1. The topological polar surface area (TPSA) is 6.48 Å². The molecule has 0 aromatic rings. The average Bonchev–Trinajstić information content (AvgIpc) is 2.05. The second-order valence-corrected chi connectivity index (χ2v) is 3.61. The number of hydrogen-bond acceptors (Lipinski definition) is 4. The standard InChI is InChI=1S/C6H14N2S2/c1-2-7-3-5-8(10-9)6-4-7/h9H,2-6H2,1H3. The van der Waals surface area contributed by atoms with Gasteiger partial charge in [-0.15, -0.1) is 0 Å². The maximum Gasteiger partial charge on any atom is 0.0226 e. The normalized spacial score (nSPS) is 23.4. The van der Waals surface area contributed by atoms with Crippen molar-refractivity contribution in [1.82, 2.24) is 9.21 Å². The van der Waals surface area contributed by atoms with Crippen molar-refractivity contribution in [3.63, 3.8) is 0 Å². The molecule has 1 aliphatic rings. The number of nitrogens with zero attached hydrogens (tertiary/aromatic N) is 2. The van der Waals surface area contributed by atoms with Gasteiger partial charge in [0.15, 0.2) is 0 Å². The molecule has 4 heteroatoms. The Labute approximate surface area is 71.9 Å². The lowest BCUT2D eigenvalue weighted by Gasteiger charge is -2.31. The lowest BCUT2D eigenvalue weighted by molar-refractivity contribution is 0.206. The quantitative estimate of drug-likeness (QED) is 0.385. The predicted molar refractivity (Wildman–Crippen MR) is 50.3 cm³/mol. The van der Waals surface area contributed by atoms with Crippen LogP contribution in [0.1, 0.15) is 6.92 Å². The Morgan fingerprint density at radius 1 is 1.30 bits per heavy atom. The number of rotatable bonds is 2. The molecule has 0 N–H and O–H groups in total. The summed E-state index contributed by atoms with van der Waals surface area (Å²) in [4.78, 5) is 2.46. The summed E-state index contributed by atoms with van der Waals surface area (Å²) in [5, 5.41) is 0. The monoisotopic (exact) mass is 178 g/mol. The molecule has 0 spiro atoms. The Kier molecular flexibility index (Phi) is 3.91. The smallest absolute Gasteiger partial charge is 0.0226 e. The molecule has 1 saturated heterocycles. The third-order valence-electron chi connectivity index (χ3n) is 1.89. The fourth-order valence-corrected chi connectivity index (χ4v) is 1.94. The summed E-state index contributed by atoms with van der Waals surface area (Å²) in [6, 6.07) is 0. The minimum Gasteiger partial charge on any atom is -0.301 e. The first kappa shape index (κ1) is 8.71. The van der Waals surface area contributed by atoms with Crippen LogP contribution < -0.4 is 0 Å². The van der Waals surface area contributed by atoms with Crippen molar-refractivity contribution in [3.8, 4) is 0 Å². The third kappa shape index (κ3) is 2.34. The fourth-order valence-electron chi connectivity index (χ4n) is 1.13. The van der Waals surface area contributed by atoms with Crippen LogP contribution in [0.3, 0.4) is 0 Å². The highest BCUT2D eigenvalue weighted by molar-refractivity contribution is 8.67. The lowest BCUT2D eigenvalue weighted by atomic mass is 10.4. The fraction of sp³-hybridized carbons (Fsp3) is 1.00. The van der Waals surface area contributed by atoms with Crippen LogP contribution in [-0.4, -0.2) is 41.9 Å². The molecule has 0 aromatic carbocycles. The van der Waals surface area contributed by atoms with Gasteiger partial charge in [0.05, 0.1) is 0 Å². The molecular weight excluding hydrogens is 164 g/mol. The van der Waals surface area contributed by atoms with Gasteiger partial charge in [0.2, 0.25) is 0 Å². The molecule has 0 aliphatic carbocycles. The second kappa shape index (κ2) is 4.49. The van der Waals surface area contributed by atoms with E-state index in [0.717, 1.165) is 13.1 Å². The summed E-state index contributed by atoms with van der Waals surface area (Å²) in [6.07, 6.45) is 0. The summed E-state index contributed by atoms with van der Waals surface area (Å²) < 4.78 is 2.29. The lowest BCUT2D eigenvalue weighted by Crippen LogP contribution is -2.42. The minimum absolute atomic E-state index is 1.15. The summed E-state index contributed by atoms with van der Waals surface area (Å²) in [7, 11) is 1.56. The van der Waals surface area contributed by atoms with Gasteiger partial charge in [0.1, 0.15) is 0 Å². The van der Waals surface area contributed by atoms with E-state index in [2.05, 4.69) is 27.8 Å². The van der Waals surface area contributed by atoms with Gasteiger partial charge in [0.25, 0.3) is 0 Å². The highest BCUT2D eigenvalue weighted by Crippen LogP contribution is 2.15. The second-order valence-electron chi connectivity index (χ2n) is 2.44. The first-order valence-electron chi connectivity index (χ1n) is 3.65. The van der Waals surface area contributed by atoms with Crippen LogP contribution in [0, 0.1) is 0 Å². The largest absolute Gasteiger partial charge is 0.301 e. The van der Waals surface area contributed by atoms with Crippen molar-refractivity contribution in [1.29, 1.82) is 0 Å². The highest BCUT2D eigenvalue weighted by atomic mass is 33.1. The molecule has 1 rings (SSSR count). The summed E-state index contributed by atoms with van der Waals surface area (Å²) in [5.74, 6) is 0. The molecule has 1 aliphatic heterocycles. The van der Waals surface area contributed by atoms with Crippen LogP contribution in [0.25, 0.3) is 0 Å². The number of thiol groups is 1. The molecule has 0 aromatic heterocycles. The van der Waals surface area contributed by atoms with Gasteiger partial charge in [-0.2, -0.15) is 0 Å². The zero-order chi connectivity index (χ0) is 7.40. The van der Waals surface area contributed by atoms with Gasteiger partial charge < -0.3 is 4.90 Å². The molecule has 0 bridgehead atoms. The Morgan fingerprint density at radius 3 is 2.30 bits per heavy atom. The van der Waals surface area contributed by atoms with Gasteiger partial charge in [-0.1, -0.05) is 18.6 Å². The van der Waals surface area contributed by atoms with Gasteiger partial charge >= 0.3 is 0 Å². The maximum absolute atomic E-state index is 4.15. The molecule has 1 heterocycles. The van der Waals surface area contributed by atoms with Crippen LogP contribution in [0.5, 0.6) is 0 Å². The van der Waals surface area contributed by atoms with Crippen LogP contribution in [0.2, 0.25) is 0 Å². The average molecular weight is 178 g/mol. The summed E-state index contributed by atoms with van der Waals surface area (Å²) >= 11 is 4.15. The Hall–Kier alpha value is 0.620. The van der Waals surface area contributed by atoms with Crippen molar-refractivity contribution in [2.75, 3.05) is 32.7 Å². The zero-order valence-electron chi connectivity index (χ0n) is 6.29. The number of likely N-dealkylation sites (N-methyl/N-ethyl adjacent to an activating group) is 1. The van der Waals surface area contributed by atoms with Crippen molar-refractivity contribution in [3.05, 3.63) is 0 Å². The SMILES string of the molecule is CCN1CCN(SS)CC1. The molecule has 10 heavy (non-hydrogen) atoms. The van der Waals surface area contributed by atoms with Crippen molar-refractivity contribution in [2.24, 2.45) is 0 Å². The van der Waals surface area contributed by atoms with Crippen molar-refractivity contribution < 1.29 is 0 Å². The third-order valence-corrected chi connectivity index (χ3v) is 3.18. The van der Waals surface area contributed by atoms with Crippen LogP contribution >= 0.6 is 22.6 Å². The van der Waals surface area contributed by atoms with Crippen molar-refractivity contribution >= 4 is 22.6 Å². The summed E-state index contributed by atoms with van der Waals surface area (Å²) in [5.41, 5.74) is 0. The maximum atomic E-state index is 4.15. The molecule has 0 atom stereocenters. The van der Waals surface area contributed by atoms with E-state index >= 15 is 0 Å². The van der Waals surface area contributed by atoms with E-state index < -0.39 is 0 Å². The molecule has 1 fully saturated rings. The molecule has 0 radical (unpaired) electrons. The molecule has 0 amide bonds. The Morgan fingerprint density at radius 2 is 1.90 bits per heavy atom. The van der Waals surface area contributed by atoms with Crippen molar-refractivity contribution in [2.45, 2.75) is 6.92 Å². The number of piperazine rings is 1.